The van der Waals surface area contributed by atoms with E-state index in [2.05, 4.69) is 20.1 Å². The van der Waals surface area contributed by atoms with Crippen molar-refractivity contribution in [3.05, 3.63) is 17.2 Å². The Hall–Kier alpha value is -1.38. The first-order valence-corrected chi connectivity index (χ1v) is 6.87. The molecule has 1 fully saturated rings. The molecule has 1 aromatic carbocycles. The molecule has 92 valence electrons. The van der Waals surface area contributed by atoms with Crippen LogP contribution in [0.15, 0.2) is 12.1 Å². The highest BCUT2D eigenvalue weighted by Gasteiger charge is 2.42. The second-order valence-corrected chi connectivity index (χ2v) is 5.68. The first kappa shape index (κ1) is 11.7. The summed E-state index contributed by atoms with van der Waals surface area (Å²) in [5, 5.41) is 12.8. The van der Waals surface area contributed by atoms with Crippen LogP contribution in [0, 0.1) is 16.7 Å². The Balaban J connectivity index is 1.84. The molecule has 2 aromatic rings. The van der Waals surface area contributed by atoms with Crippen molar-refractivity contribution in [1.82, 2.24) is 8.75 Å². The summed E-state index contributed by atoms with van der Waals surface area (Å²) in [6.45, 7) is 0.775. The summed E-state index contributed by atoms with van der Waals surface area (Å²) in [5.74, 6) is 0. The summed E-state index contributed by atoms with van der Waals surface area (Å²) in [6, 6.07) is 5.96. The molecule has 0 bridgehead atoms. The van der Waals surface area contributed by atoms with Gasteiger partial charge < -0.3 is 5.32 Å². The largest absolute Gasteiger partial charge is 0.381 e. The molecular formula is C12H11ClN4S. The van der Waals surface area contributed by atoms with Gasteiger partial charge in [-0.25, -0.2) is 0 Å². The molecule has 6 heteroatoms. The molecule has 1 aliphatic carbocycles. The predicted octanol–water partition coefficient (Wildman–Crippen LogP) is 3.45. The van der Waals surface area contributed by atoms with Crippen LogP contribution in [0.4, 0.5) is 5.69 Å². The molecule has 1 aromatic heterocycles. The summed E-state index contributed by atoms with van der Waals surface area (Å²) in [7, 11) is 0. The van der Waals surface area contributed by atoms with E-state index in [4.69, 9.17) is 16.9 Å². The number of hydrogen-bond acceptors (Lipinski definition) is 5. The highest BCUT2D eigenvalue weighted by molar-refractivity contribution is 7.00. The molecule has 0 spiro atoms. The average molecular weight is 279 g/mol. The third-order valence-corrected chi connectivity index (χ3v) is 4.29. The van der Waals surface area contributed by atoms with Crippen LogP contribution in [0.5, 0.6) is 0 Å². The molecule has 1 N–H and O–H groups in total. The van der Waals surface area contributed by atoms with Gasteiger partial charge in [0.2, 0.25) is 0 Å². The Kier molecular flexibility index (Phi) is 2.84. The monoisotopic (exact) mass is 278 g/mol. The fraction of sp³-hybridized carbons (Fsp3) is 0.417. The molecule has 0 atom stereocenters. The fourth-order valence-corrected chi connectivity index (χ4v) is 2.79. The van der Waals surface area contributed by atoms with E-state index in [0.717, 1.165) is 36.1 Å². The van der Waals surface area contributed by atoms with Gasteiger partial charge in [-0.3, -0.25) is 0 Å². The number of rotatable bonds is 4. The fourth-order valence-electron chi connectivity index (χ4n) is 2.03. The van der Waals surface area contributed by atoms with E-state index in [9.17, 15) is 0 Å². The Morgan fingerprint density at radius 2 is 2.28 bits per heavy atom. The minimum absolute atomic E-state index is 0.143. The zero-order chi connectivity index (χ0) is 12.6. The molecular weight excluding hydrogens is 268 g/mol. The van der Waals surface area contributed by atoms with Crippen molar-refractivity contribution in [2.24, 2.45) is 5.41 Å². The second-order valence-electron chi connectivity index (χ2n) is 4.74. The summed E-state index contributed by atoms with van der Waals surface area (Å²) in [5.41, 5.74) is 2.66. The first-order valence-electron chi connectivity index (χ1n) is 5.76. The van der Waals surface area contributed by atoms with Crippen molar-refractivity contribution in [1.29, 1.82) is 5.26 Å². The second kappa shape index (κ2) is 4.38. The molecule has 0 radical (unpaired) electrons. The number of aromatic nitrogens is 2. The van der Waals surface area contributed by atoms with Crippen molar-refractivity contribution < 1.29 is 0 Å². The number of anilines is 1. The topological polar surface area (TPSA) is 61.6 Å². The van der Waals surface area contributed by atoms with Crippen LogP contribution in [0.2, 0.25) is 5.02 Å². The van der Waals surface area contributed by atoms with Gasteiger partial charge in [0, 0.05) is 18.4 Å². The van der Waals surface area contributed by atoms with E-state index in [-0.39, 0.29) is 5.41 Å². The molecule has 3 rings (SSSR count). The Bertz CT molecular complexity index is 627. The summed E-state index contributed by atoms with van der Waals surface area (Å²) in [4.78, 5) is 0. The normalized spacial score (nSPS) is 16.4. The molecule has 1 saturated carbocycles. The van der Waals surface area contributed by atoms with Crippen molar-refractivity contribution >= 4 is 40.0 Å². The molecule has 4 nitrogen and oxygen atoms in total. The molecule has 0 aliphatic heterocycles. The summed E-state index contributed by atoms with van der Waals surface area (Å²) in [6.07, 6.45) is 2.82. The zero-order valence-electron chi connectivity index (χ0n) is 9.61. The lowest BCUT2D eigenvalue weighted by Crippen LogP contribution is -2.15. The van der Waals surface area contributed by atoms with E-state index in [1.165, 1.54) is 11.7 Å². The zero-order valence-corrected chi connectivity index (χ0v) is 11.2. The Labute approximate surface area is 114 Å². The molecule has 1 heterocycles. The quantitative estimate of drug-likeness (QED) is 0.930. The van der Waals surface area contributed by atoms with Crippen LogP contribution in [0.3, 0.4) is 0 Å². The maximum atomic E-state index is 8.81. The lowest BCUT2D eigenvalue weighted by molar-refractivity contribution is 0.557. The average Bonchev–Trinajstić information content (AvgIpc) is 2.96. The predicted molar refractivity (Wildman–Crippen MR) is 72.8 cm³/mol. The van der Waals surface area contributed by atoms with Crippen molar-refractivity contribution in [3.8, 4) is 6.07 Å². The minimum Gasteiger partial charge on any atom is -0.381 e. The van der Waals surface area contributed by atoms with Crippen molar-refractivity contribution in [2.75, 3.05) is 11.9 Å². The first-order chi connectivity index (χ1) is 8.74. The van der Waals surface area contributed by atoms with E-state index in [1.54, 1.807) is 0 Å². The van der Waals surface area contributed by atoms with E-state index >= 15 is 0 Å². The number of benzene rings is 1. The number of hydrogen-bond donors (Lipinski definition) is 1. The SMILES string of the molecule is N#CCC1(CNc2c(Cl)ccc3nsnc23)CC1. The number of nitriles is 1. The lowest BCUT2D eigenvalue weighted by Gasteiger charge is -2.14. The molecule has 0 saturated heterocycles. The Morgan fingerprint density at radius 1 is 1.44 bits per heavy atom. The third-order valence-electron chi connectivity index (χ3n) is 3.43. The summed E-state index contributed by atoms with van der Waals surface area (Å²) >= 11 is 7.38. The van der Waals surface area contributed by atoms with E-state index < -0.39 is 0 Å². The van der Waals surface area contributed by atoms with E-state index in [0.29, 0.717) is 11.4 Å². The smallest absolute Gasteiger partial charge is 0.129 e. The third kappa shape index (κ3) is 2.02. The van der Waals surface area contributed by atoms with Gasteiger partial charge in [-0.15, -0.1) is 0 Å². The summed E-state index contributed by atoms with van der Waals surface area (Å²) < 4.78 is 8.46. The van der Waals surface area contributed by atoms with Gasteiger partial charge in [0.05, 0.1) is 28.5 Å². The van der Waals surface area contributed by atoms with E-state index in [1.807, 2.05) is 12.1 Å². The van der Waals surface area contributed by atoms with Crippen LogP contribution in [-0.2, 0) is 0 Å². The van der Waals surface area contributed by atoms with Crippen LogP contribution in [-0.4, -0.2) is 15.3 Å². The molecule has 18 heavy (non-hydrogen) atoms. The number of nitrogens with one attached hydrogen (secondary N) is 1. The van der Waals surface area contributed by atoms with Gasteiger partial charge in [-0.2, -0.15) is 14.0 Å². The lowest BCUT2D eigenvalue weighted by atomic mass is 10.0. The maximum Gasteiger partial charge on any atom is 0.129 e. The number of fused-ring (bicyclic) bond motifs is 1. The van der Waals surface area contributed by atoms with Crippen molar-refractivity contribution in [2.45, 2.75) is 19.3 Å². The van der Waals surface area contributed by atoms with Gasteiger partial charge in [0.15, 0.2) is 0 Å². The van der Waals surface area contributed by atoms with Gasteiger partial charge in [0.1, 0.15) is 11.0 Å². The highest BCUT2D eigenvalue weighted by atomic mass is 35.5. The molecule has 0 unspecified atom stereocenters. The van der Waals surface area contributed by atoms with Crippen LogP contribution in [0.25, 0.3) is 11.0 Å². The van der Waals surface area contributed by atoms with Crippen LogP contribution >= 0.6 is 23.3 Å². The maximum absolute atomic E-state index is 8.81. The van der Waals surface area contributed by atoms with Gasteiger partial charge in [0.25, 0.3) is 0 Å². The number of halogens is 1. The number of nitrogens with zero attached hydrogens (tertiary/aromatic N) is 3. The van der Waals surface area contributed by atoms with Crippen LogP contribution < -0.4 is 5.32 Å². The van der Waals surface area contributed by atoms with Gasteiger partial charge in [-0.1, -0.05) is 11.6 Å². The highest BCUT2D eigenvalue weighted by Crippen LogP contribution is 2.48. The Morgan fingerprint density at radius 3 is 3.00 bits per heavy atom. The molecule has 1 aliphatic rings. The van der Waals surface area contributed by atoms with Crippen LogP contribution in [0.1, 0.15) is 19.3 Å². The van der Waals surface area contributed by atoms with Gasteiger partial charge in [-0.05, 0) is 25.0 Å². The van der Waals surface area contributed by atoms with Crippen molar-refractivity contribution in [3.63, 3.8) is 0 Å². The standard InChI is InChI=1S/C12H11ClN4S/c13-8-1-2-9-11(17-18-16-9)10(8)15-7-12(3-4-12)5-6-14/h1-2,15H,3-5,7H2. The van der Waals surface area contributed by atoms with Gasteiger partial charge >= 0.3 is 0 Å². The minimum atomic E-state index is 0.143. The molecule has 0 amide bonds.